The molecule has 7 heteroatoms. The van der Waals surface area contributed by atoms with E-state index >= 15 is 0 Å². The summed E-state index contributed by atoms with van der Waals surface area (Å²) in [7, 11) is 0. The Hall–Kier alpha value is -2.90. The summed E-state index contributed by atoms with van der Waals surface area (Å²) < 4.78 is 11.4. The smallest absolute Gasteiger partial charge is 0.257 e. The van der Waals surface area contributed by atoms with Gasteiger partial charge in [0.05, 0.1) is 11.7 Å². The Balaban J connectivity index is 1.27. The molecule has 2 aliphatic rings. The van der Waals surface area contributed by atoms with E-state index in [0.29, 0.717) is 30.8 Å². The molecule has 0 radical (unpaired) electrons. The Morgan fingerprint density at radius 1 is 1.11 bits per heavy atom. The second kappa shape index (κ2) is 12.2. The van der Waals surface area contributed by atoms with Crippen molar-refractivity contribution in [1.82, 2.24) is 14.7 Å². The molecule has 0 bridgehead atoms. The molecular weight excluding hydrogens is 442 g/mol. The third kappa shape index (κ3) is 7.05. The first-order chi connectivity index (χ1) is 17.0. The zero-order chi connectivity index (χ0) is 24.6. The second-order valence-corrected chi connectivity index (χ2v) is 9.46. The van der Waals surface area contributed by atoms with Crippen LogP contribution >= 0.6 is 0 Å². The van der Waals surface area contributed by atoms with Crippen molar-refractivity contribution in [2.24, 2.45) is 0 Å². The van der Waals surface area contributed by atoms with Gasteiger partial charge in [-0.1, -0.05) is 42.5 Å². The van der Waals surface area contributed by atoms with Gasteiger partial charge in [0.25, 0.3) is 5.91 Å². The maximum absolute atomic E-state index is 13.3. The van der Waals surface area contributed by atoms with Crippen LogP contribution in [-0.4, -0.2) is 85.0 Å². The predicted octanol–water partition coefficient (Wildman–Crippen LogP) is 3.77. The van der Waals surface area contributed by atoms with Crippen LogP contribution in [0.3, 0.4) is 0 Å². The topological polar surface area (TPSA) is 66.2 Å². The highest BCUT2D eigenvalue weighted by Crippen LogP contribution is 2.19. The summed E-state index contributed by atoms with van der Waals surface area (Å²) in [5, 5.41) is 0. The number of nitrogens with zero attached hydrogens (tertiary/aromatic N) is 3. The summed E-state index contributed by atoms with van der Waals surface area (Å²) in [4.78, 5) is 32.3. The molecule has 2 aliphatic heterocycles. The average molecular weight is 480 g/mol. The lowest BCUT2D eigenvalue weighted by Crippen LogP contribution is -2.49. The minimum Gasteiger partial charge on any atom is -0.466 e. The van der Waals surface area contributed by atoms with Crippen molar-refractivity contribution >= 4 is 17.9 Å². The number of hydrogen-bond acceptors (Lipinski definition) is 5. The number of ether oxygens (including phenoxy) is 1. The van der Waals surface area contributed by atoms with Gasteiger partial charge in [-0.05, 0) is 38.3 Å². The molecule has 2 fully saturated rings. The molecule has 0 spiro atoms. The molecule has 2 aromatic rings. The van der Waals surface area contributed by atoms with Crippen LogP contribution in [0.5, 0.6) is 0 Å². The highest BCUT2D eigenvalue weighted by atomic mass is 16.5. The van der Waals surface area contributed by atoms with Gasteiger partial charge in [-0.2, -0.15) is 0 Å². The molecule has 1 unspecified atom stereocenters. The number of piperazine rings is 1. The molecule has 0 aliphatic carbocycles. The molecule has 3 heterocycles. The Labute approximate surface area is 208 Å². The summed E-state index contributed by atoms with van der Waals surface area (Å²) in [6.45, 7) is 9.32. The van der Waals surface area contributed by atoms with Gasteiger partial charge in [0.2, 0.25) is 5.91 Å². The third-order valence-electron chi connectivity index (χ3n) is 6.80. The number of rotatable bonds is 9. The molecule has 1 atom stereocenters. The molecule has 2 amide bonds. The zero-order valence-electron chi connectivity index (χ0n) is 20.9. The summed E-state index contributed by atoms with van der Waals surface area (Å²) >= 11 is 0. The maximum Gasteiger partial charge on any atom is 0.257 e. The molecular formula is C28H37N3O4. The summed E-state index contributed by atoms with van der Waals surface area (Å²) in [5.74, 6) is 1.36. The Kier molecular flexibility index (Phi) is 8.77. The number of carbonyl (C=O) groups is 2. The van der Waals surface area contributed by atoms with E-state index in [9.17, 15) is 9.59 Å². The number of carbonyl (C=O) groups excluding carboxylic acids is 2. The van der Waals surface area contributed by atoms with Crippen molar-refractivity contribution < 1.29 is 18.7 Å². The van der Waals surface area contributed by atoms with Crippen LogP contribution in [0.1, 0.15) is 46.7 Å². The van der Waals surface area contributed by atoms with Gasteiger partial charge in [-0.25, -0.2) is 0 Å². The van der Waals surface area contributed by atoms with Crippen molar-refractivity contribution in [1.29, 1.82) is 0 Å². The average Bonchev–Trinajstić information content (AvgIpc) is 3.51. The molecule has 7 nitrogen and oxygen atoms in total. The lowest BCUT2D eigenvalue weighted by molar-refractivity contribution is -0.133. The molecule has 1 aromatic carbocycles. The summed E-state index contributed by atoms with van der Waals surface area (Å²) in [6.07, 6.45) is 6.64. The van der Waals surface area contributed by atoms with Crippen molar-refractivity contribution in [3.63, 3.8) is 0 Å². The van der Waals surface area contributed by atoms with Gasteiger partial charge < -0.3 is 19.0 Å². The minimum atomic E-state index is -0.0855. The summed E-state index contributed by atoms with van der Waals surface area (Å²) in [6, 6.07) is 12.1. The number of amides is 2. The SMILES string of the molecule is Cc1cc(C(=O)N(CCC(=O)N2CCN(C/C=C/c3ccccc3)CC2)CC2CCCO2)c(C)o1. The zero-order valence-corrected chi connectivity index (χ0v) is 20.9. The molecule has 0 saturated carbocycles. The van der Waals surface area contributed by atoms with Crippen LogP contribution in [0.15, 0.2) is 46.9 Å². The standard InChI is InChI=1S/C28H37N3O4/c1-22-20-26(23(2)35-22)28(33)31(21-25-11-7-19-34-25)14-12-27(32)30-17-15-29(16-18-30)13-6-10-24-8-4-3-5-9-24/h3-6,8-10,20,25H,7,11-19,21H2,1-2H3/b10-6+. The van der Waals surface area contributed by atoms with E-state index in [2.05, 4.69) is 29.2 Å². The number of benzene rings is 1. The van der Waals surface area contributed by atoms with E-state index in [-0.39, 0.29) is 17.9 Å². The van der Waals surface area contributed by atoms with Crippen LogP contribution < -0.4 is 0 Å². The molecule has 0 N–H and O–H groups in total. The monoisotopic (exact) mass is 479 g/mol. The van der Waals surface area contributed by atoms with Gasteiger partial charge in [0.15, 0.2) is 0 Å². The van der Waals surface area contributed by atoms with Crippen LogP contribution in [0, 0.1) is 13.8 Å². The third-order valence-corrected chi connectivity index (χ3v) is 6.80. The second-order valence-electron chi connectivity index (χ2n) is 9.46. The van der Waals surface area contributed by atoms with E-state index in [1.807, 2.05) is 36.9 Å². The fraction of sp³-hybridized carbons (Fsp3) is 0.500. The lowest BCUT2D eigenvalue weighted by atomic mass is 10.1. The van der Waals surface area contributed by atoms with Crippen LogP contribution in [0.4, 0.5) is 0 Å². The minimum absolute atomic E-state index is 0.0369. The van der Waals surface area contributed by atoms with Gasteiger partial charge >= 0.3 is 0 Å². The van der Waals surface area contributed by atoms with Gasteiger partial charge in [0.1, 0.15) is 11.5 Å². The van der Waals surface area contributed by atoms with Crippen molar-refractivity contribution in [2.45, 2.75) is 39.2 Å². The van der Waals surface area contributed by atoms with Crippen LogP contribution in [-0.2, 0) is 9.53 Å². The first kappa shape index (κ1) is 25.2. The first-order valence-corrected chi connectivity index (χ1v) is 12.7. The molecule has 35 heavy (non-hydrogen) atoms. The largest absolute Gasteiger partial charge is 0.466 e. The van der Waals surface area contributed by atoms with E-state index in [1.165, 1.54) is 5.56 Å². The van der Waals surface area contributed by atoms with Crippen molar-refractivity contribution in [3.8, 4) is 0 Å². The Morgan fingerprint density at radius 2 is 1.89 bits per heavy atom. The van der Waals surface area contributed by atoms with E-state index in [4.69, 9.17) is 9.15 Å². The highest BCUT2D eigenvalue weighted by Gasteiger charge is 2.27. The van der Waals surface area contributed by atoms with Crippen LogP contribution in [0.25, 0.3) is 6.08 Å². The highest BCUT2D eigenvalue weighted by molar-refractivity contribution is 5.95. The van der Waals surface area contributed by atoms with Crippen molar-refractivity contribution in [2.75, 3.05) is 52.4 Å². The van der Waals surface area contributed by atoms with Gasteiger partial charge in [-0.15, -0.1) is 0 Å². The van der Waals surface area contributed by atoms with E-state index < -0.39 is 0 Å². The maximum atomic E-state index is 13.3. The number of furan rings is 1. The normalized spacial score (nSPS) is 18.9. The lowest BCUT2D eigenvalue weighted by Gasteiger charge is -2.34. The Bertz CT molecular complexity index is 1000. The molecule has 2 saturated heterocycles. The van der Waals surface area contributed by atoms with Crippen LogP contribution in [0.2, 0.25) is 0 Å². The predicted molar refractivity (Wildman–Crippen MR) is 136 cm³/mol. The molecule has 1 aromatic heterocycles. The van der Waals surface area contributed by atoms with Gasteiger partial charge in [-0.3, -0.25) is 14.5 Å². The van der Waals surface area contributed by atoms with Crippen molar-refractivity contribution in [3.05, 3.63) is 65.1 Å². The number of aryl methyl sites for hydroxylation is 2. The van der Waals surface area contributed by atoms with E-state index in [0.717, 1.165) is 57.9 Å². The van der Waals surface area contributed by atoms with E-state index in [1.54, 1.807) is 11.0 Å². The number of hydrogen-bond donors (Lipinski definition) is 0. The molecule has 188 valence electrons. The fourth-order valence-electron chi connectivity index (χ4n) is 4.79. The quantitative estimate of drug-likeness (QED) is 0.548. The summed E-state index contributed by atoms with van der Waals surface area (Å²) in [5.41, 5.74) is 1.77. The van der Waals surface area contributed by atoms with Gasteiger partial charge in [0, 0.05) is 58.8 Å². The first-order valence-electron chi connectivity index (χ1n) is 12.7. The molecule has 4 rings (SSSR count). The fourth-order valence-corrected chi connectivity index (χ4v) is 4.79. The Morgan fingerprint density at radius 3 is 2.54 bits per heavy atom.